The van der Waals surface area contributed by atoms with E-state index in [0.29, 0.717) is 33.9 Å². The van der Waals surface area contributed by atoms with Crippen molar-refractivity contribution in [3.63, 3.8) is 0 Å². The van der Waals surface area contributed by atoms with Crippen molar-refractivity contribution in [1.29, 1.82) is 0 Å². The lowest BCUT2D eigenvalue weighted by atomic mass is 9.64. The molecule has 1 fully saturated rings. The standard InChI is InChI=1S/C35H27BrN2O5/c1-42-24-17-22(18-25(19-24)43-2)33(40)31-30(32(39)21-11-14-23(36)15-12-21)35(26-8-4-5-9-27(26)37-34(35)41)29-16-13-20-7-3-6-10-28(20)38(29)31/h3-19,29-31H,1-2H3,(H,37,41)/t29-,30+,31+,35-/m1/s1. The van der Waals surface area contributed by atoms with Crippen LogP contribution in [0.4, 0.5) is 11.4 Å². The van der Waals surface area contributed by atoms with E-state index in [1.165, 1.54) is 14.2 Å². The van der Waals surface area contributed by atoms with Crippen molar-refractivity contribution >= 4 is 50.9 Å². The van der Waals surface area contributed by atoms with Gasteiger partial charge in [-0.15, -0.1) is 0 Å². The molecule has 1 saturated heterocycles. The van der Waals surface area contributed by atoms with Crippen molar-refractivity contribution in [2.24, 2.45) is 5.92 Å². The third-order valence-electron chi connectivity index (χ3n) is 8.86. The lowest BCUT2D eigenvalue weighted by Crippen LogP contribution is -2.51. The Balaban J connectivity index is 1.53. The number of halogens is 1. The molecule has 3 heterocycles. The van der Waals surface area contributed by atoms with Crippen LogP contribution in [-0.4, -0.2) is 43.8 Å². The van der Waals surface area contributed by atoms with Crippen LogP contribution in [0.1, 0.15) is 31.8 Å². The summed E-state index contributed by atoms with van der Waals surface area (Å²) in [7, 11) is 3.05. The number of carbonyl (C=O) groups excluding carboxylic acids is 3. The van der Waals surface area contributed by atoms with E-state index in [2.05, 4.69) is 21.2 Å². The number of rotatable bonds is 6. The normalized spacial score (nSPS) is 22.9. The van der Waals surface area contributed by atoms with Gasteiger partial charge < -0.3 is 19.7 Å². The van der Waals surface area contributed by atoms with Crippen molar-refractivity contribution < 1.29 is 23.9 Å². The lowest BCUT2D eigenvalue weighted by molar-refractivity contribution is -0.121. The molecule has 7 nitrogen and oxygen atoms in total. The maximum atomic E-state index is 14.9. The molecule has 0 aromatic heterocycles. The molecule has 1 spiro atoms. The smallest absolute Gasteiger partial charge is 0.238 e. The Morgan fingerprint density at radius 2 is 1.51 bits per heavy atom. The minimum Gasteiger partial charge on any atom is -0.497 e. The van der Waals surface area contributed by atoms with E-state index >= 15 is 0 Å². The molecule has 3 aliphatic heterocycles. The highest BCUT2D eigenvalue weighted by atomic mass is 79.9. The predicted octanol–water partition coefficient (Wildman–Crippen LogP) is 6.32. The number of para-hydroxylation sites is 2. The molecule has 1 N–H and O–H groups in total. The van der Waals surface area contributed by atoms with Gasteiger partial charge in [0.25, 0.3) is 0 Å². The fourth-order valence-electron chi connectivity index (χ4n) is 7.03. The van der Waals surface area contributed by atoms with Gasteiger partial charge in [-0.2, -0.15) is 0 Å². The number of carbonyl (C=O) groups is 3. The largest absolute Gasteiger partial charge is 0.497 e. The highest BCUT2D eigenvalue weighted by molar-refractivity contribution is 9.10. The molecule has 43 heavy (non-hydrogen) atoms. The van der Waals surface area contributed by atoms with Gasteiger partial charge in [-0.1, -0.05) is 76.6 Å². The summed E-state index contributed by atoms with van der Waals surface area (Å²) in [6.45, 7) is 0. The number of fused-ring (bicyclic) bond motifs is 6. The number of nitrogens with one attached hydrogen (secondary N) is 1. The Bertz CT molecular complexity index is 1810. The summed E-state index contributed by atoms with van der Waals surface area (Å²) >= 11 is 3.46. The van der Waals surface area contributed by atoms with Crippen LogP contribution >= 0.6 is 15.9 Å². The van der Waals surface area contributed by atoms with E-state index in [9.17, 15) is 14.4 Å². The fourth-order valence-corrected chi connectivity index (χ4v) is 7.30. The summed E-state index contributed by atoms with van der Waals surface area (Å²) in [6, 6.07) is 25.6. The second kappa shape index (κ2) is 10.2. The molecule has 4 atom stereocenters. The molecular formula is C35H27BrN2O5. The van der Waals surface area contributed by atoms with Crippen molar-refractivity contribution in [1.82, 2.24) is 0 Å². The highest BCUT2D eigenvalue weighted by Crippen LogP contribution is 2.58. The average molecular weight is 636 g/mol. The SMILES string of the molecule is COc1cc(OC)cc(C(=O)[C@@H]2[C@@H](C(=O)c3ccc(Br)cc3)[C@]3(C(=O)Nc4ccccc43)[C@H]3C=Cc4ccccc4N23)c1. The Morgan fingerprint density at radius 3 is 2.23 bits per heavy atom. The van der Waals surface area contributed by atoms with Gasteiger partial charge in [-0.3, -0.25) is 14.4 Å². The number of ether oxygens (including phenoxy) is 2. The average Bonchev–Trinajstić information content (AvgIpc) is 3.52. The van der Waals surface area contributed by atoms with E-state index in [4.69, 9.17) is 9.47 Å². The van der Waals surface area contributed by atoms with Crippen LogP contribution in [0, 0.1) is 5.92 Å². The second-order valence-corrected chi connectivity index (χ2v) is 11.8. The van der Waals surface area contributed by atoms with Gasteiger partial charge in [0.2, 0.25) is 5.91 Å². The predicted molar refractivity (Wildman–Crippen MR) is 168 cm³/mol. The Morgan fingerprint density at radius 1 is 0.837 bits per heavy atom. The summed E-state index contributed by atoms with van der Waals surface area (Å²) in [5, 5.41) is 3.06. The number of hydrogen-bond acceptors (Lipinski definition) is 6. The first-order valence-corrected chi connectivity index (χ1v) is 14.7. The third kappa shape index (κ3) is 3.97. The monoisotopic (exact) mass is 634 g/mol. The van der Waals surface area contributed by atoms with Gasteiger partial charge in [0.1, 0.15) is 23.0 Å². The van der Waals surface area contributed by atoms with Crippen molar-refractivity contribution in [3.8, 4) is 11.5 Å². The molecule has 0 bridgehead atoms. The van der Waals surface area contributed by atoms with Crippen molar-refractivity contribution in [2.75, 3.05) is 24.4 Å². The van der Waals surface area contributed by atoms with Gasteiger partial charge in [0.15, 0.2) is 11.6 Å². The van der Waals surface area contributed by atoms with Crippen LogP contribution in [0.15, 0.2) is 102 Å². The molecule has 0 saturated carbocycles. The number of methoxy groups -OCH3 is 2. The first kappa shape index (κ1) is 27.2. The van der Waals surface area contributed by atoms with Gasteiger partial charge in [-0.05, 0) is 47.5 Å². The summed E-state index contributed by atoms with van der Waals surface area (Å²) in [4.78, 5) is 46.2. The number of amides is 1. The molecular weight excluding hydrogens is 608 g/mol. The number of ketones is 2. The molecule has 4 aromatic rings. The minimum atomic E-state index is -1.38. The van der Waals surface area contributed by atoms with E-state index in [0.717, 1.165) is 15.7 Å². The number of Topliss-reactive ketones (excluding diaryl/α,β-unsaturated/α-hetero) is 2. The zero-order valence-corrected chi connectivity index (χ0v) is 25.0. The molecule has 0 radical (unpaired) electrons. The van der Waals surface area contributed by atoms with Gasteiger partial charge in [0.05, 0.1) is 26.2 Å². The lowest BCUT2D eigenvalue weighted by Gasteiger charge is -2.37. The molecule has 0 aliphatic carbocycles. The summed E-state index contributed by atoms with van der Waals surface area (Å²) in [5.74, 6) is -1.06. The zero-order chi connectivity index (χ0) is 29.9. The number of anilines is 2. The topological polar surface area (TPSA) is 84.9 Å². The van der Waals surface area contributed by atoms with E-state index in [1.54, 1.807) is 42.5 Å². The van der Waals surface area contributed by atoms with Crippen LogP contribution in [0.5, 0.6) is 11.5 Å². The number of hydrogen-bond donors (Lipinski definition) is 1. The molecule has 1 amide bonds. The molecule has 8 heteroatoms. The molecule has 7 rings (SSSR count). The van der Waals surface area contributed by atoms with Crippen LogP contribution in [0.2, 0.25) is 0 Å². The Kier molecular flexibility index (Phi) is 6.47. The Labute approximate surface area is 257 Å². The first-order valence-electron chi connectivity index (χ1n) is 13.9. The summed E-state index contributed by atoms with van der Waals surface area (Å²) in [5.41, 5.74) is 2.39. The van der Waals surface area contributed by atoms with Gasteiger partial charge in [-0.25, -0.2) is 0 Å². The van der Waals surface area contributed by atoms with Gasteiger partial charge >= 0.3 is 0 Å². The quantitative estimate of drug-likeness (QED) is 0.250. The number of benzene rings is 4. The summed E-state index contributed by atoms with van der Waals surface area (Å²) < 4.78 is 11.8. The fraction of sp³-hybridized carbons (Fsp3) is 0.171. The molecule has 3 aliphatic rings. The van der Waals surface area contributed by atoms with Crippen molar-refractivity contribution in [3.05, 3.63) is 124 Å². The summed E-state index contributed by atoms with van der Waals surface area (Å²) in [6.07, 6.45) is 3.94. The van der Waals surface area contributed by atoms with E-state index in [1.807, 2.05) is 65.6 Å². The maximum absolute atomic E-state index is 14.9. The molecule has 4 aromatic carbocycles. The Hall–Kier alpha value is -4.69. The van der Waals surface area contributed by atoms with Crippen LogP contribution in [0.25, 0.3) is 6.08 Å². The molecule has 214 valence electrons. The van der Waals surface area contributed by atoms with Crippen molar-refractivity contribution in [2.45, 2.75) is 17.5 Å². The van der Waals surface area contributed by atoms with Crippen LogP contribution in [0.3, 0.4) is 0 Å². The van der Waals surface area contributed by atoms with Crippen LogP contribution < -0.4 is 19.7 Å². The van der Waals surface area contributed by atoms with Gasteiger partial charge in [0, 0.05) is 33.0 Å². The zero-order valence-electron chi connectivity index (χ0n) is 23.4. The number of nitrogens with zero attached hydrogens (tertiary/aromatic N) is 1. The van der Waals surface area contributed by atoms with E-state index in [-0.39, 0.29) is 17.5 Å². The second-order valence-electron chi connectivity index (χ2n) is 10.9. The first-order chi connectivity index (χ1) is 20.9. The van der Waals surface area contributed by atoms with E-state index < -0.39 is 23.4 Å². The maximum Gasteiger partial charge on any atom is 0.238 e. The minimum absolute atomic E-state index is 0.284. The van der Waals surface area contributed by atoms with Crippen LogP contribution in [-0.2, 0) is 10.2 Å². The molecule has 0 unspecified atom stereocenters. The third-order valence-corrected chi connectivity index (χ3v) is 9.39. The highest BCUT2D eigenvalue weighted by Gasteiger charge is 2.70.